The zero-order chi connectivity index (χ0) is 13.7. The average Bonchev–Trinajstić information content (AvgIpc) is 2.42. The first-order valence-electron chi connectivity index (χ1n) is 6.29. The number of hydrogen-bond donors (Lipinski definition) is 1. The third-order valence-electron chi connectivity index (χ3n) is 2.92. The van der Waals surface area contributed by atoms with Crippen molar-refractivity contribution < 1.29 is 4.39 Å². The molecule has 2 aromatic rings. The molecule has 0 spiro atoms. The van der Waals surface area contributed by atoms with Crippen molar-refractivity contribution in [2.45, 2.75) is 19.4 Å². The number of nitrogens with one attached hydrogen (secondary N) is 1. The van der Waals surface area contributed by atoms with Gasteiger partial charge in [0.1, 0.15) is 5.82 Å². The van der Waals surface area contributed by atoms with Gasteiger partial charge in [-0.15, -0.1) is 0 Å². The Labute approximate surface area is 121 Å². The van der Waals surface area contributed by atoms with Gasteiger partial charge >= 0.3 is 0 Å². The second kappa shape index (κ2) is 6.78. The molecule has 1 heterocycles. The van der Waals surface area contributed by atoms with Gasteiger partial charge in [-0.2, -0.15) is 0 Å². The van der Waals surface area contributed by atoms with Crippen molar-refractivity contribution in [2.24, 2.45) is 0 Å². The van der Waals surface area contributed by atoms with Gasteiger partial charge in [0.15, 0.2) is 0 Å². The van der Waals surface area contributed by atoms with Gasteiger partial charge in [-0.05, 0) is 42.4 Å². The fourth-order valence-electron chi connectivity index (χ4n) is 2.05. The minimum atomic E-state index is -0.220. The lowest BCUT2D eigenvalue weighted by Crippen LogP contribution is -2.23. The van der Waals surface area contributed by atoms with Crippen molar-refractivity contribution in [1.82, 2.24) is 10.3 Å². The van der Waals surface area contributed by atoms with E-state index in [1.807, 2.05) is 25.1 Å². The van der Waals surface area contributed by atoms with Crippen molar-refractivity contribution >= 4 is 15.9 Å². The fraction of sp³-hybridized carbons (Fsp3) is 0.267. The van der Waals surface area contributed by atoms with Gasteiger partial charge in [-0.1, -0.05) is 28.9 Å². The highest BCUT2D eigenvalue weighted by Gasteiger charge is 2.15. The first kappa shape index (κ1) is 14.2. The molecule has 0 amide bonds. The van der Waals surface area contributed by atoms with Crippen LogP contribution in [0.2, 0.25) is 0 Å². The van der Waals surface area contributed by atoms with Crippen molar-refractivity contribution in [3.63, 3.8) is 0 Å². The Morgan fingerprint density at radius 2 is 2.16 bits per heavy atom. The van der Waals surface area contributed by atoms with Gasteiger partial charge in [0.2, 0.25) is 0 Å². The first-order valence-corrected chi connectivity index (χ1v) is 7.08. The van der Waals surface area contributed by atoms with Crippen LogP contribution in [0.5, 0.6) is 0 Å². The maximum Gasteiger partial charge on any atom is 0.123 e. The molecule has 0 saturated heterocycles. The minimum Gasteiger partial charge on any atom is -0.310 e. The molecule has 0 aliphatic heterocycles. The maximum absolute atomic E-state index is 13.4. The molecule has 1 unspecified atom stereocenters. The van der Waals surface area contributed by atoms with E-state index in [2.05, 4.69) is 26.2 Å². The van der Waals surface area contributed by atoms with Crippen LogP contribution in [0.1, 0.15) is 24.2 Å². The van der Waals surface area contributed by atoms with Crippen LogP contribution in [0.25, 0.3) is 0 Å². The summed E-state index contributed by atoms with van der Waals surface area (Å²) in [6.45, 7) is 2.86. The lowest BCUT2D eigenvalue weighted by atomic mass is 10.0. The zero-order valence-corrected chi connectivity index (χ0v) is 12.3. The van der Waals surface area contributed by atoms with Crippen LogP contribution >= 0.6 is 15.9 Å². The van der Waals surface area contributed by atoms with Gasteiger partial charge < -0.3 is 5.32 Å². The summed E-state index contributed by atoms with van der Waals surface area (Å²) in [6.07, 6.45) is 2.51. The van der Waals surface area contributed by atoms with Crippen LogP contribution in [0.15, 0.2) is 47.1 Å². The Morgan fingerprint density at radius 1 is 1.32 bits per heavy atom. The summed E-state index contributed by atoms with van der Waals surface area (Å²) in [7, 11) is 0. The summed E-state index contributed by atoms with van der Waals surface area (Å²) in [5, 5.41) is 3.38. The van der Waals surface area contributed by atoms with Gasteiger partial charge in [0, 0.05) is 28.8 Å². The molecule has 2 rings (SSSR count). The molecule has 0 fully saturated rings. The normalized spacial score (nSPS) is 12.4. The maximum atomic E-state index is 13.4. The standard InChI is InChI=1S/C15H16BrFN2/c1-2-18-15(10-12-5-3-4-8-19-12)13-9-11(17)6-7-14(13)16/h3-9,15,18H,2,10H2,1H3. The summed E-state index contributed by atoms with van der Waals surface area (Å²) in [4.78, 5) is 4.33. The number of rotatable bonds is 5. The number of hydrogen-bond acceptors (Lipinski definition) is 2. The van der Waals surface area contributed by atoms with E-state index >= 15 is 0 Å². The first-order chi connectivity index (χ1) is 9.20. The molecule has 0 aliphatic carbocycles. The molecule has 0 radical (unpaired) electrons. The monoisotopic (exact) mass is 322 g/mol. The van der Waals surface area contributed by atoms with E-state index in [-0.39, 0.29) is 11.9 Å². The Kier molecular flexibility index (Phi) is 5.05. The smallest absolute Gasteiger partial charge is 0.123 e. The number of nitrogens with zero attached hydrogens (tertiary/aromatic N) is 1. The highest BCUT2D eigenvalue weighted by molar-refractivity contribution is 9.10. The van der Waals surface area contributed by atoms with E-state index in [4.69, 9.17) is 0 Å². The number of halogens is 2. The topological polar surface area (TPSA) is 24.9 Å². The molecule has 0 aliphatic rings. The van der Waals surface area contributed by atoms with Crippen LogP contribution in [0.3, 0.4) is 0 Å². The molecule has 1 aromatic heterocycles. The zero-order valence-electron chi connectivity index (χ0n) is 10.7. The van der Waals surface area contributed by atoms with Gasteiger partial charge in [-0.25, -0.2) is 4.39 Å². The summed E-state index contributed by atoms with van der Waals surface area (Å²) < 4.78 is 14.3. The van der Waals surface area contributed by atoms with Gasteiger partial charge in [0.05, 0.1) is 0 Å². The second-order valence-electron chi connectivity index (χ2n) is 4.30. The summed E-state index contributed by atoms with van der Waals surface area (Å²) in [5.41, 5.74) is 1.91. The van der Waals surface area contributed by atoms with Crippen molar-refractivity contribution in [2.75, 3.05) is 6.54 Å². The van der Waals surface area contributed by atoms with E-state index in [1.54, 1.807) is 18.3 Å². The number of likely N-dealkylation sites (N-methyl/N-ethyl adjacent to an activating group) is 1. The summed E-state index contributed by atoms with van der Waals surface area (Å²) in [6, 6.07) is 10.7. The van der Waals surface area contributed by atoms with E-state index < -0.39 is 0 Å². The van der Waals surface area contributed by atoms with Crippen molar-refractivity contribution in [3.05, 3.63) is 64.1 Å². The Hall–Kier alpha value is -1.26. The van der Waals surface area contributed by atoms with Crippen LogP contribution in [-0.2, 0) is 6.42 Å². The van der Waals surface area contributed by atoms with Crippen LogP contribution < -0.4 is 5.32 Å². The van der Waals surface area contributed by atoms with Crippen LogP contribution in [0, 0.1) is 5.82 Å². The summed E-state index contributed by atoms with van der Waals surface area (Å²) in [5.74, 6) is -0.220. The molecule has 100 valence electrons. The number of benzene rings is 1. The molecule has 1 atom stereocenters. The molecule has 2 nitrogen and oxygen atoms in total. The van der Waals surface area contributed by atoms with E-state index in [9.17, 15) is 4.39 Å². The Bertz CT molecular complexity index is 531. The molecule has 1 N–H and O–H groups in total. The quantitative estimate of drug-likeness (QED) is 0.903. The Balaban J connectivity index is 2.27. The molecule has 0 saturated carbocycles. The lowest BCUT2D eigenvalue weighted by molar-refractivity contribution is 0.535. The van der Waals surface area contributed by atoms with Gasteiger partial charge in [-0.3, -0.25) is 4.98 Å². The van der Waals surface area contributed by atoms with Crippen molar-refractivity contribution in [3.8, 4) is 0 Å². The molecular weight excluding hydrogens is 307 g/mol. The fourth-order valence-corrected chi connectivity index (χ4v) is 2.57. The SMILES string of the molecule is CCNC(Cc1ccccn1)c1cc(F)ccc1Br. The van der Waals surface area contributed by atoms with Gasteiger partial charge in [0.25, 0.3) is 0 Å². The molecular formula is C15H16BrFN2. The minimum absolute atomic E-state index is 0.0463. The number of aromatic nitrogens is 1. The predicted molar refractivity (Wildman–Crippen MR) is 78.5 cm³/mol. The number of pyridine rings is 1. The third-order valence-corrected chi connectivity index (χ3v) is 3.65. The molecule has 19 heavy (non-hydrogen) atoms. The highest BCUT2D eigenvalue weighted by atomic mass is 79.9. The molecule has 0 bridgehead atoms. The van der Waals surface area contributed by atoms with Crippen molar-refractivity contribution in [1.29, 1.82) is 0 Å². The second-order valence-corrected chi connectivity index (χ2v) is 5.16. The van der Waals surface area contributed by atoms with E-state index in [1.165, 1.54) is 6.07 Å². The average molecular weight is 323 g/mol. The largest absolute Gasteiger partial charge is 0.310 e. The van der Waals surface area contributed by atoms with E-state index in [0.717, 1.165) is 28.7 Å². The Morgan fingerprint density at radius 3 is 2.84 bits per heavy atom. The molecule has 1 aromatic carbocycles. The predicted octanol–water partition coefficient (Wildman–Crippen LogP) is 3.88. The third kappa shape index (κ3) is 3.85. The molecule has 4 heteroatoms. The van der Waals surface area contributed by atoms with E-state index in [0.29, 0.717) is 0 Å². The highest BCUT2D eigenvalue weighted by Crippen LogP contribution is 2.26. The van der Waals surface area contributed by atoms with Crippen LogP contribution in [0.4, 0.5) is 4.39 Å². The summed E-state index contributed by atoms with van der Waals surface area (Å²) >= 11 is 3.49. The lowest BCUT2D eigenvalue weighted by Gasteiger charge is -2.19. The van der Waals surface area contributed by atoms with Crippen LogP contribution in [-0.4, -0.2) is 11.5 Å².